The number of nitrogen functional groups attached to an aromatic ring is 1. The Bertz CT molecular complexity index is 403. The molecule has 1 saturated carbocycles. The summed E-state index contributed by atoms with van der Waals surface area (Å²) in [6, 6.07) is 5.76. The van der Waals surface area contributed by atoms with Crippen LogP contribution in [0.5, 0.6) is 5.75 Å². The Balaban J connectivity index is 1.95. The molecule has 0 bridgehead atoms. The molecule has 1 aliphatic carbocycles. The summed E-state index contributed by atoms with van der Waals surface area (Å²) < 4.78 is 5.47. The van der Waals surface area contributed by atoms with Crippen LogP contribution in [-0.2, 0) is 0 Å². The van der Waals surface area contributed by atoms with Gasteiger partial charge in [-0.15, -0.1) is 0 Å². The minimum absolute atomic E-state index is 0.271. The zero-order valence-corrected chi connectivity index (χ0v) is 10.9. The third kappa shape index (κ3) is 3.07. The van der Waals surface area contributed by atoms with E-state index in [0.29, 0.717) is 17.7 Å². The molecule has 0 heterocycles. The SMILES string of the molecule is CCOc1cc(NCC2(CCO)CC2)ccc1N. The maximum atomic E-state index is 9.03. The fourth-order valence-electron chi connectivity index (χ4n) is 2.14. The second kappa shape index (κ2) is 5.48. The summed E-state index contributed by atoms with van der Waals surface area (Å²) in [5, 5.41) is 12.4. The molecule has 4 N–H and O–H groups in total. The molecule has 4 heteroatoms. The second-order valence-electron chi connectivity index (χ2n) is 5.01. The van der Waals surface area contributed by atoms with Gasteiger partial charge in [0.1, 0.15) is 5.75 Å². The Morgan fingerprint density at radius 2 is 2.22 bits per heavy atom. The van der Waals surface area contributed by atoms with Crippen molar-refractivity contribution in [1.82, 2.24) is 0 Å². The van der Waals surface area contributed by atoms with E-state index in [0.717, 1.165) is 24.4 Å². The molecule has 0 unspecified atom stereocenters. The smallest absolute Gasteiger partial charge is 0.144 e. The Morgan fingerprint density at radius 1 is 1.44 bits per heavy atom. The Labute approximate surface area is 108 Å². The highest BCUT2D eigenvalue weighted by atomic mass is 16.5. The molecule has 1 aromatic rings. The highest BCUT2D eigenvalue weighted by Gasteiger charge is 2.41. The zero-order chi connectivity index (χ0) is 13.0. The summed E-state index contributed by atoms with van der Waals surface area (Å²) in [6.07, 6.45) is 3.29. The van der Waals surface area contributed by atoms with E-state index >= 15 is 0 Å². The maximum absolute atomic E-state index is 9.03. The largest absolute Gasteiger partial charge is 0.492 e. The molecule has 0 radical (unpaired) electrons. The number of aliphatic hydroxyl groups excluding tert-OH is 1. The van der Waals surface area contributed by atoms with Crippen LogP contribution < -0.4 is 15.8 Å². The molecular formula is C14H22N2O2. The summed E-state index contributed by atoms with van der Waals surface area (Å²) in [4.78, 5) is 0. The van der Waals surface area contributed by atoms with Crippen molar-refractivity contribution in [2.75, 3.05) is 30.8 Å². The van der Waals surface area contributed by atoms with Gasteiger partial charge in [-0.2, -0.15) is 0 Å². The molecule has 2 rings (SSSR count). The summed E-state index contributed by atoms with van der Waals surface area (Å²) in [5.74, 6) is 0.731. The predicted octanol–water partition coefficient (Wildman–Crippen LogP) is 2.24. The molecule has 1 aromatic carbocycles. The van der Waals surface area contributed by atoms with E-state index in [9.17, 15) is 0 Å². The molecule has 0 aromatic heterocycles. The van der Waals surface area contributed by atoms with Gasteiger partial charge in [-0.05, 0) is 43.7 Å². The molecule has 18 heavy (non-hydrogen) atoms. The zero-order valence-electron chi connectivity index (χ0n) is 10.9. The van der Waals surface area contributed by atoms with Crippen LogP contribution in [0.1, 0.15) is 26.2 Å². The van der Waals surface area contributed by atoms with E-state index in [2.05, 4.69) is 5.32 Å². The number of anilines is 2. The van der Waals surface area contributed by atoms with Gasteiger partial charge in [0.15, 0.2) is 0 Å². The number of rotatable bonds is 7. The van der Waals surface area contributed by atoms with Crippen molar-refractivity contribution >= 4 is 11.4 Å². The minimum Gasteiger partial charge on any atom is -0.492 e. The molecule has 0 atom stereocenters. The van der Waals surface area contributed by atoms with Gasteiger partial charge in [0, 0.05) is 24.9 Å². The molecule has 0 amide bonds. The minimum atomic E-state index is 0.271. The first-order valence-electron chi connectivity index (χ1n) is 6.56. The normalized spacial score (nSPS) is 16.3. The molecule has 0 aliphatic heterocycles. The lowest BCUT2D eigenvalue weighted by molar-refractivity contribution is 0.253. The lowest BCUT2D eigenvalue weighted by atomic mass is 10.0. The number of nitrogens with two attached hydrogens (primary N) is 1. The molecule has 100 valence electrons. The number of aliphatic hydroxyl groups is 1. The lowest BCUT2D eigenvalue weighted by Gasteiger charge is -2.16. The van der Waals surface area contributed by atoms with Crippen molar-refractivity contribution in [1.29, 1.82) is 0 Å². The van der Waals surface area contributed by atoms with E-state index in [1.54, 1.807) is 0 Å². The molecule has 1 fully saturated rings. The number of nitrogens with one attached hydrogen (secondary N) is 1. The van der Waals surface area contributed by atoms with Crippen molar-refractivity contribution in [3.63, 3.8) is 0 Å². The van der Waals surface area contributed by atoms with Gasteiger partial charge in [-0.25, -0.2) is 0 Å². The molecule has 4 nitrogen and oxygen atoms in total. The first kappa shape index (κ1) is 13.0. The first-order valence-corrected chi connectivity index (χ1v) is 6.56. The molecule has 0 saturated heterocycles. The fourth-order valence-corrected chi connectivity index (χ4v) is 2.14. The Hall–Kier alpha value is -1.42. The molecule has 1 aliphatic rings. The van der Waals surface area contributed by atoms with Gasteiger partial charge >= 0.3 is 0 Å². The van der Waals surface area contributed by atoms with Crippen molar-refractivity contribution in [2.24, 2.45) is 5.41 Å². The van der Waals surface area contributed by atoms with Crippen molar-refractivity contribution < 1.29 is 9.84 Å². The predicted molar refractivity (Wildman–Crippen MR) is 73.9 cm³/mol. The maximum Gasteiger partial charge on any atom is 0.144 e. The van der Waals surface area contributed by atoms with E-state index in [1.165, 1.54) is 12.8 Å². The van der Waals surface area contributed by atoms with E-state index in [1.807, 2.05) is 25.1 Å². The standard InChI is InChI=1S/C14H22N2O2/c1-2-18-13-9-11(3-4-12(13)15)16-10-14(5-6-14)7-8-17/h3-4,9,16-17H,2,5-8,10,15H2,1H3. The third-order valence-electron chi connectivity index (χ3n) is 3.58. The summed E-state index contributed by atoms with van der Waals surface area (Å²) in [5.41, 5.74) is 7.83. The Kier molecular flexibility index (Phi) is 3.97. The van der Waals surface area contributed by atoms with Crippen LogP contribution in [0.25, 0.3) is 0 Å². The van der Waals surface area contributed by atoms with Crippen LogP contribution >= 0.6 is 0 Å². The number of benzene rings is 1. The number of ether oxygens (including phenoxy) is 1. The molecular weight excluding hydrogens is 228 g/mol. The van der Waals surface area contributed by atoms with Crippen LogP contribution in [0.2, 0.25) is 0 Å². The van der Waals surface area contributed by atoms with Gasteiger partial charge in [0.2, 0.25) is 0 Å². The lowest BCUT2D eigenvalue weighted by Crippen LogP contribution is -2.16. The second-order valence-corrected chi connectivity index (χ2v) is 5.01. The highest BCUT2D eigenvalue weighted by Crippen LogP contribution is 2.48. The summed E-state index contributed by atoms with van der Waals surface area (Å²) >= 11 is 0. The molecule has 0 spiro atoms. The average Bonchev–Trinajstić information content (AvgIpc) is 3.11. The van der Waals surface area contributed by atoms with E-state index in [-0.39, 0.29) is 6.61 Å². The van der Waals surface area contributed by atoms with Crippen LogP contribution in [0.3, 0.4) is 0 Å². The van der Waals surface area contributed by atoms with Gasteiger partial charge in [0.05, 0.1) is 12.3 Å². The van der Waals surface area contributed by atoms with Crippen molar-refractivity contribution in [3.05, 3.63) is 18.2 Å². The van der Waals surface area contributed by atoms with Gasteiger partial charge in [-0.1, -0.05) is 0 Å². The topological polar surface area (TPSA) is 67.5 Å². The van der Waals surface area contributed by atoms with Gasteiger partial charge in [0.25, 0.3) is 0 Å². The Morgan fingerprint density at radius 3 is 2.83 bits per heavy atom. The van der Waals surface area contributed by atoms with Gasteiger partial charge < -0.3 is 20.9 Å². The van der Waals surface area contributed by atoms with Crippen molar-refractivity contribution in [2.45, 2.75) is 26.2 Å². The van der Waals surface area contributed by atoms with Crippen LogP contribution in [0, 0.1) is 5.41 Å². The number of hydrogen-bond acceptors (Lipinski definition) is 4. The quantitative estimate of drug-likeness (QED) is 0.649. The summed E-state index contributed by atoms with van der Waals surface area (Å²) in [6.45, 7) is 3.73. The highest BCUT2D eigenvalue weighted by molar-refractivity contribution is 5.61. The average molecular weight is 250 g/mol. The van der Waals surface area contributed by atoms with Gasteiger partial charge in [-0.3, -0.25) is 0 Å². The van der Waals surface area contributed by atoms with Crippen LogP contribution in [0.15, 0.2) is 18.2 Å². The first-order chi connectivity index (χ1) is 8.69. The summed E-state index contributed by atoms with van der Waals surface area (Å²) in [7, 11) is 0. The van der Waals surface area contributed by atoms with Crippen molar-refractivity contribution in [3.8, 4) is 5.75 Å². The van der Waals surface area contributed by atoms with E-state index in [4.69, 9.17) is 15.6 Å². The third-order valence-corrected chi connectivity index (χ3v) is 3.58. The fraction of sp³-hybridized carbons (Fsp3) is 0.571. The monoisotopic (exact) mass is 250 g/mol. The van der Waals surface area contributed by atoms with E-state index < -0.39 is 0 Å². The van der Waals surface area contributed by atoms with Crippen LogP contribution in [0.4, 0.5) is 11.4 Å². The van der Waals surface area contributed by atoms with Crippen LogP contribution in [-0.4, -0.2) is 24.9 Å². The number of hydrogen-bond donors (Lipinski definition) is 3.